The molecule has 2 rings (SSSR count). The first-order valence-corrected chi connectivity index (χ1v) is 8.01. The zero-order chi connectivity index (χ0) is 15.6. The van der Waals surface area contributed by atoms with Gasteiger partial charge in [0.25, 0.3) is 0 Å². The largest absolute Gasteiger partial charge is 0.381 e. The van der Waals surface area contributed by atoms with Crippen LogP contribution in [-0.4, -0.2) is 8.42 Å². The van der Waals surface area contributed by atoms with Crippen molar-refractivity contribution in [2.45, 2.75) is 18.4 Å². The van der Waals surface area contributed by atoms with Crippen LogP contribution < -0.4 is 10.5 Å². The van der Waals surface area contributed by atoms with Gasteiger partial charge >= 0.3 is 0 Å². The van der Waals surface area contributed by atoms with E-state index in [2.05, 4.69) is 5.32 Å². The van der Waals surface area contributed by atoms with Crippen molar-refractivity contribution in [1.29, 1.82) is 0 Å². The normalized spacial score (nSPS) is 11.4. The van der Waals surface area contributed by atoms with Gasteiger partial charge in [0.05, 0.1) is 4.90 Å². The first-order valence-electron chi connectivity index (χ1n) is 6.08. The number of anilines is 1. The summed E-state index contributed by atoms with van der Waals surface area (Å²) < 4.78 is 36.4. The lowest BCUT2D eigenvalue weighted by molar-refractivity contribution is 0.597. The molecule has 0 heterocycles. The number of hydrogen-bond acceptors (Lipinski definition) is 3. The fraction of sp³-hybridized carbons (Fsp3) is 0.143. The highest BCUT2D eigenvalue weighted by Crippen LogP contribution is 2.21. The summed E-state index contributed by atoms with van der Waals surface area (Å²) in [7, 11) is -3.77. The van der Waals surface area contributed by atoms with Crippen molar-refractivity contribution < 1.29 is 12.8 Å². The number of hydrogen-bond donors (Lipinski definition) is 2. The molecule has 4 nitrogen and oxygen atoms in total. The van der Waals surface area contributed by atoms with Crippen LogP contribution in [0.2, 0.25) is 5.02 Å². The minimum atomic E-state index is -3.77. The highest BCUT2D eigenvalue weighted by Gasteiger charge is 2.10. The second-order valence-corrected chi connectivity index (χ2v) is 6.61. The average molecular weight is 329 g/mol. The summed E-state index contributed by atoms with van der Waals surface area (Å²) in [5.74, 6) is -0.421. The molecule has 0 aromatic heterocycles. The molecule has 0 radical (unpaired) electrons. The Hall–Kier alpha value is -1.63. The average Bonchev–Trinajstić information content (AvgIpc) is 2.38. The van der Waals surface area contributed by atoms with Crippen LogP contribution in [0.5, 0.6) is 0 Å². The van der Waals surface area contributed by atoms with Gasteiger partial charge < -0.3 is 5.32 Å². The molecule has 2 aromatic rings. The monoisotopic (exact) mass is 328 g/mol. The SMILES string of the molecule is Cc1ccc(S(N)(=O)=O)cc1NCc1ccc(Cl)cc1F. The number of nitrogens with two attached hydrogens (primary N) is 1. The second-order valence-electron chi connectivity index (χ2n) is 4.61. The Bertz CT molecular complexity index is 779. The number of halogens is 2. The Kier molecular flexibility index (Phi) is 4.51. The zero-order valence-corrected chi connectivity index (χ0v) is 12.8. The summed E-state index contributed by atoms with van der Waals surface area (Å²) in [6.45, 7) is 2.02. The molecule has 0 spiro atoms. The van der Waals surface area contributed by atoms with Gasteiger partial charge in [-0.3, -0.25) is 0 Å². The van der Waals surface area contributed by atoms with Crippen molar-refractivity contribution in [3.05, 3.63) is 58.4 Å². The third-order valence-corrected chi connectivity index (χ3v) is 4.17. The van der Waals surface area contributed by atoms with E-state index in [1.54, 1.807) is 18.2 Å². The fourth-order valence-corrected chi connectivity index (χ4v) is 2.52. The lowest BCUT2D eigenvalue weighted by Crippen LogP contribution is -2.13. The van der Waals surface area contributed by atoms with Gasteiger partial charge in [0.15, 0.2) is 0 Å². The van der Waals surface area contributed by atoms with E-state index in [-0.39, 0.29) is 11.4 Å². The molecule has 0 aliphatic carbocycles. The van der Waals surface area contributed by atoms with E-state index in [9.17, 15) is 12.8 Å². The van der Waals surface area contributed by atoms with Gasteiger partial charge in [-0.25, -0.2) is 17.9 Å². The Balaban J connectivity index is 2.23. The van der Waals surface area contributed by atoms with E-state index in [0.29, 0.717) is 16.3 Å². The van der Waals surface area contributed by atoms with Crippen molar-refractivity contribution >= 4 is 27.3 Å². The number of nitrogens with one attached hydrogen (secondary N) is 1. The van der Waals surface area contributed by atoms with Crippen molar-refractivity contribution in [2.75, 3.05) is 5.32 Å². The van der Waals surface area contributed by atoms with Gasteiger partial charge in [0, 0.05) is 22.8 Å². The molecule has 0 saturated carbocycles. The van der Waals surface area contributed by atoms with Crippen LogP contribution in [0.4, 0.5) is 10.1 Å². The maximum Gasteiger partial charge on any atom is 0.238 e. The minimum Gasteiger partial charge on any atom is -0.381 e. The molecule has 21 heavy (non-hydrogen) atoms. The first-order chi connectivity index (χ1) is 9.77. The van der Waals surface area contributed by atoms with Gasteiger partial charge in [0.2, 0.25) is 10.0 Å². The number of sulfonamides is 1. The van der Waals surface area contributed by atoms with Crippen molar-refractivity contribution in [3.63, 3.8) is 0 Å². The topological polar surface area (TPSA) is 72.2 Å². The predicted molar refractivity (Wildman–Crippen MR) is 81.3 cm³/mol. The Morgan fingerprint density at radius 3 is 2.57 bits per heavy atom. The summed E-state index contributed by atoms with van der Waals surface area (Å²) in [5, 5.41) is 8.42. The van der Waals surface area contributed by atoms with Crippen LogP contribution >= 0.6 is 11.6 Å². The zero-order valence-electron chi connectivity index (χ0n) is 11.2. The standard InChI is InChI=1S/C14H14ClFN2O2S/c1-9-2-5-12(21(17,19)20)7-14(9)18-8-10-3-4-11(15)6-13(10)16/h2-7,18H,8H2,1H3,(H2,17,19,20). The van der Waals surface area contributed by atoms with Crippen LogP contribution in [0.1, 0.15) is 11.1 Å². The molecule has 2 aromatic carbocycles. The highest BCUT2D eigenvalue weighted by atomic mass is 35.5. The predicted octanol–water partition coefficient (Wildman–Crippen LogP) is 3.05. The molecule has 0 amide bonds. The third-order valence-electron chi connectivity index (χ3n) is 3.02. The van der Waals surface area contributed by atoms with Crippen LogP contribution in [0, 0.1) is 12.7 Å². The van der Waals surface area contributed by atoms with Crippen LogP contribution in [0.15, 0.2) is 41.3 Å². The lowest BCUT2D eigenvalue weighted by atomic mass is 10.1. The summed E-state index contributed by atoms with van der Waals surface area (Å²) >= 11 is 5.69. The number of benzene rings is 2. The minimum absolute atomic E-state index is 0.00665. The molecule has 7 heteroatoms. The summed E-state index contributed by atoms with van der Waals surface area (Å²) in [5.41, 5.74) is 1.84. The maximum atomic E-state index is 13.7. The maximum absolute atomic E-state index is 13.7. The summed E-state index contributed by atoms with van der Waals surface area (Å²) in [6.07, 6.45) is 0. The Labute approximate surface area is 127 Å². The van der Waals surface area contributed by atoms with E-state index < -0.39 is 15.8 Å². The molecule has 3 N–H and O–H groups in total. The van der Waals surface area contributed by atoms with Crippen molar-refractivity contribution in [1.82, 2.24) is 0 Å². The van der Waals surface area contributed by atoms with E-state index >= 15 is 0 Å². The van der Waals surface area contributed by atoms with E-state index in [1.807, 2.05) is 6.92 Å². The number of rotatable bonds is 4. The second kappa shape index (κ2) is 6.01. The molecular formula is C14H14ClFN2O2S. The van der Waals surface area contributed by atoms with Crippen molar-refractivity contribution in [3.8, 4) is 0 Å². The Morgan fingerprint density at radius 1 is 1.24 bits per heavy atom. The molecule has 0 unspecified atom stereocenters. The molecule has 0 bridgehead atoms. The van der Waals surface area contributed by atoms with Gasteiger partial charge in [-0.2, -0.15) is 0 Å². The molecule has 0 atom stereocenters. The van der Waals surface area contributed by atoms with E-state index in [1.165, 1.54) is 18.2 Å². The van der Waals surface area contributed by atoms with Gasteiger partial charge in [-0.05, 0) is 36.8 Å². The smallest absolute Gasteiger partial charge is 0.238 e. The number of primary sulfonamides is 1. The molecule has 0 saturated heterocycles. The van der Waals surface area contributed by atoms with Crippen LogP contribution in [-0.2, 0) is 16.6 Å². The molecule has 112 valence electrons. The van der Waals surface area contributed by atoms with Crippen LogP contribution in [0.3, 0.4) is 0 Å². The van der Waals surface area contributed by atoms with Crippen molar-refractivity contribution in [2.24, 2.45) is 5.14 Å². The molecule has 0 aliphatic rings. The molecule has 0 aliphatic heterocycles. The summed E-state index contributed by atoms with van der Waals surface area (Å²) in [6, 6.07) is 8.89. The molecule has 0 fully saturated rings. The van der Waals surface area contributed by atoms with Gasteiger partial charge in [-0.1, -0.05) is 23.7 Å². The lowest BCUT2D eigenvalue weighted by Gasteiger charge is -2.11. The van der Waals surface area contributed by atoms with Crippen LogP contribution in [0.25, 0.3) is 0 Å². The molecular weight excluding hydrogens is 315 g/mol. The first kappa shape index (κ1) is 15.8. The number of aryl methyl sites for hydroxylation is 1. The summed E-state index contributed by atoms with van der Waals surface area (Å²) in [4.78, 5) is 0.00665. The van der Waals surface area contributed by atoms with E-state index in [0.717, 1.165) is 5.56 Å². The fourth-order valence-electron chi connectivity index (χ4n) is 1.82. The quantitative estimate of drug-likeness (QED) is 0.906. The Morgan fingerprint density at radius 2 is 1.95 bits per heavy atom. The third kappa shape index (κ3) is 3.93. The highest BCUT2D eigenvalue weighted by molar-refractivity contribution is 7.89. The van der Waals surface area contributed by atoms with E-state index in [4.69, 9.17) is 16.7 Å². The van der Waals surface area contributed by atoms with Gasteiger partial charge in [-0.15, -0.1) is 0 Å². The van der Waals surface area contributed by atoms with Gasteiger partial charge in [0.1, 0.15) is 5.82 Å².